The zero-order valence-electron chi connectivity index (χ0n) is 14.0. The molecule has 0 saturated carbocycles. The first-order valence-electron chi connectivity index (χ1n) is 7.65. The highest BCUT2D eigenvalue weighted by Gasteiger charge is 2.28. The Morgan fingerprint density at radius 3 is 2.33 bits per heavy atom. The van der Waals surface area contributed by atoms with Gasteiger partial charge in [-0.3, -0.25) is 9.59 Å². The van der Waals surface area contributed by atoms with Crippen LogP contribution in [0.1, 0.15) is 29.8 Å². The van der Waals surface area contributed by atoms with Crippen LogP contribution in [0.25, 0.3) is 0 Å². The van der Waals surface area contributed by atoms with E-state index in [-0.39, 0.29) is 18.0 Å². The fourth-order valence-electron chi connectivity index (χ4n) is 2.10. The van der Waals surface area contributed by atoms with Crippen LogP contribution in [-0.2, 0) is 4.79 Å². The van der Waals surface area contributed by atoms with E-state index in [1.807, 2.05) is 19.2 Å². The Kier molecular flexibility index (Phi) is 7.06. The van der Waals surface area contributed by atoms with E-state index in [9.17, 15) is 22.8 Å². The van der Waals surface area contributed by atoms with Gasteiger partial charge in [0.2, 0.25) is 5.91 Å². The fourth-order valence-corrected chi connectivity index (χ4v) is 2.10. The molecule has 2 amide bonds. The normalized spacial score (nSPS) is 11.1. The molecule has 0 aromatic heterocycles. The maximum absolute atomic E-state index is 12.2. The van der Waals surface area contributed by atoms with Crippen molar-refractivity contribution < 1.29 is 22.8 Å². The molecule has 1 rings (SSSR count). The zero-order valence-corrected chi connectivity index (χ0v) is 14.0. The van der Waals surface area contributed by atoms with Gasteiger partial charge in [-0.25, -0.2) is 0 Å². The Hall–Kier alpha value is -2.25. The van der Waals surface area contributed by atoms with Gasteiger partial charge in [-0.2, -0.15) is 13.2 Å². The maximum Gasteiger partial charge on any atom is 0.405 e. The standard InChI is InChI=1S/C16H22F3N3O2/c1-4-22(5-2)14(23)9-20-13-8-12(7-6-11(13)3)15(24)21-10-16(17,18)19/h6-8,20H,4-5,9-10H2,1-3H3,(H,21,24). The third-order valence-corrected chi connectivity index (χ3v) is 3.50. The van der Waals surface area contributed by atoms with Crippen LogP contribution in [0, 0.1) is 6.92 Å². The highest BCUT2D eigenvalue weighted by Crippen LogP contribution is 2.18. The molecule has 0 atom stereocenters. The van der Waals surface area contributed by atoms with Crippen molar-refractivity contribution in [3.63, 3.8) is 0 Å². The Morgan fingerprint density at radius 1 is 1.17 bits per heavy atom. The van der Waals surface area contributed by atoms with Crippen LogP contribution in [0.2, 0.25) is 0 Å². The van der Waals surface area contributed by atoms with Gasteiger partial charge in [-0.15, -0.1) is 0 Å². The summed E-state index contributed by atoms with van der Waals surface area (Å²) in [5, 5.41) is 4.76. The van der Waals surface area contributed by atoms with Crippen LogP contribution in [0.15, 0.2) is 18.2 Å². The lowest BCUT2D eigenvalue weighted by Crippen LogP contribution is -2.35. The Morgan fingerprint density at radius 2 is 1.79 bits per heavy atom. The third kappa shape index (κ3) is 6.10. The van der Waals surface area contributed by atoms with E-state index < -0.39 is 18.6 Å². The van der Waals surface area contributed by atoms with Crippen molar-refractivity contribution in [3.8, 4) is 0 Å². The topological polar surface area (TPSA) is 61.4 Å². The van der Waals surface area contributed by atoms with E-state index in [1.165, 1.54) is 12.1 Å². The van der Waals surface area contributed by atoms with Gasteiger partial charge in [0, 0.05) is 24.3 Å². The van der Waals surface area contributed by atoms with Gasteiger partial charge in [0.25, 0.3) is 5.91 Å². The Labute approximate surface area is 139 Å². The van der Waals surface area contributed by atoms with Crippen molar-refractivity contribution in [3.05, 3.63) is 29.3 Å². The van der Waals surface area contributed by atoms with Gasteiger partial charge in [-0.05, 0) is 38.5 Å². The number of alkyl halides is 3. The average Bonchev–Trinajstić information content (AvgIpc) is 2.52. The van der Waals surface area contributed by atoms with E-state index >= 15 is 0 Å². The number of carbonyl (C=O) groups is 2. The summed E-state index contributed by atoms with van der Waals surface area (Å²) < 4.78 is 36.5. The van der Waals surface area contributed by atoms with Crippen LogP contribution >= 0.6 is 0 Å². The molecule has 1 aromatic rings. The Balaban J connectivity index is 2.76. The van der Waals surface area contributed by atoms with Crippen molar-refractivity contribution in [2.75, 3.05) is 31.5 Å². The predicted octanol–water partition coefficient (Wildman–Crippen LogP) is 2.57. The number of amides is 2. The number of benzene rings is 1. The molecule has 134 valence electrons. The first-order chi connectivity index (χ1) is 11.2. The lowest BCUT2D eigenvalue weighted by Gasteiger charge is -2.19. The number of carbonyl (C=O) groups excluding carboxylic acids is 2. The van der Waals surface area contributed by atoms with Crippen molar-refractivity contribution in [2.45, 2.75) is 26.9 Å². The van der Waals surface area contributed by atoms with Gasteiger partial charge >= 0.3 is 6.18 Å². The highest BCUT2D eigenvalue weighted by molar-refractivity contribution is 5.95. The highest BCUT2D eigenvalue weighted by atomic mass is 19.4. The first kappa shape index (κ1) is 19.8. The van der Waals surface area contributed by atoms with Crippen LogP contribution in [0.4, 0.5) is 18.9 Å². The second kappa shape index (κ2) is 8.56. The van der Waals surface area contributed by atoms with Crippen molar-refractivity contribution >= 4 is 17.5 Å². The monoisotopic (exact) mass is 345 g/mol. The van der Waals surface area contributed by atoms with E-state index in [0.29, 0.717) is 18.8 Å². The minimum atomic E-state index is -4.46. The summed E-state index contributed by atoms with van der Waals surface area (Å²) in [4.78, 5) is 25.4. The molecular formula is C16H22F3N3O2. The zero-order chi connectivity index (χ0) is 18.3. The van der Waals surface area contributed by atoms with Gasteiger partial charge in [0.05, 0.1) is 6.54 Å². The summed E-state index contributed by atoms with van der Waals surface area (Å²) in [5.74, 6) is -0.906. The van der Waals surface area contributed by atoms with E-state index in [0.717, 1.165) is 5.56 Å². The second-order valence-electron chi connectivity index (χ2n) is 5.25. The Bertz CT molecular complexity index is 584. The van der Waals surface area contributed by atoms with E-state index in [1.54, 1.807) is 17.9 Å². The van der Waals surface area contributed by atoms with Crippen molar-refractivity contribution in [1.82, 2.24) is 10.2 Å². The van der Waals surface area contributed by atoms with Crippen LogP contribution in [0.3, 0.4) is 0 Å². The molecule has 0 radical (unpaired) electrons. The lowest BCUT2D eigenvalue weighted by molar-refractivity contribution is -0.129. The number of likely N-dealkylation sites (N-methyl/N-ethyl adjacent to an activating group) is 1. The summed E-state index contributed by atoms with van der Waals surface area (Å²) in [7, 11) is 0. The number of anilines is 1. The molecule has 0 heterocycles. The molecule has 0 bridgehead atoms. The summed E-state index contributed by atoms with van der Waals surface area (Å²) in [5.41, 5.74) is 1.42. The fraction of sp³-hybridized carbons (Fsp3) is 0.500. The van der Waals surface area contributed by atoms with Crippen LogP contribution in [0.5, 0.6) is 0 Å². The van der Waals surface area contributed by atoms with Gasteiger partial charge in [0.15, 0.2) is 0 Å². The third-order valence-electron chi connectivity index (χ3n) is 3.50. The molecule has 5 nitrogen and oxygen atoms in total. The average molecular weight is 345 g/mol. The van der Waals surface area contributed by atoms with Crippen molar-refractivity contribution in [2.24, 2.45) is 0 Å². The second-order valence-corrected chi connectivity index (χ2v) is 5.25. The number of rotatable bonds is 7. The number of nitrogens with zero attached hydrogens (tertiary/aromatic N) is 1. The molecule has 0 spiro atoms. The minimum absolute atomic E-state index is 0.0517. The SMILES string of the molecule is CCN(CC)C(=O)CNc1cc(C(=O)NCC(F)(F)F)ccc1C. The molecule has 24 heavy (non-hydrogen) atoms. The number of aryl methyl sites for hydroxylation is 1. The molecule has 8 heteroatoms. The first-order valence-corrected chi connectivity index (χ1v) is 7.65. The number of hydrogen-bond acceptors (Lipinski definition) is 3. The maximum atomic E-state index is 12.2. The largest absolute Gasteiger partial charge is 0.405 e. The molecule has 0 saturated heterocycles. The summed E-state index contributed by atoms with van der Waals surface area (Å²) in [6.45, 7) is 5.38. The number of nitrogens with one attached hydrogen (secondary N) is 2. The molecule has 1 aromatic carbocycles. The number of hydrogen-bond donors (Lipinski definition) is 2. The molecule has 2 N–H and O–H groups in total. The van der Waals surface area contributed by atoms with E-state index in [2.05, 4.69) is 5.32 Å². The lowest BCUT2D eigenvalue weighted by atomic mass is 10.1. The summed E-state index contributed by atoms with van der Waals surface area (Å²) >= 11 is 0. The molecule has 0 aliphatic heterocycles. The molecule has 0 unspecified atom stereocenters. The molecule has 0 fully saturated rings. The molecule has 0 aliphatic carbocycles. The summed E-state index contributed by atoms with van der Waals surface area (Å²) in [6, 6.07) is 4.50. The van der Waals surface area contributed by atoms with E-state index in [4.69, 9.17) is 0 Å². The quantitative estimate of drug-likeness (QED) is 0.798. The van der Waals surface area contributed by atoms with Crippen molar-refractivity contribution in [1.29, 1.82) is 0 Å². The van der Waals surface area contributed by atoms with Gasteiger partial charge in [0.1, 0.15) is 6.54 Å². The minimum Gasteiger partial charge on any atom is -0.376 e. The molecular weight excluding hydrogens is 323 g/mol. The summed E-state index contributed by atoms with van der Waals surface area (Å²) in [6.07, 6.45) is -4.46. The number of halogens is 3. The van der Waals surface area contributed by atoms with Crippen LogP contribution in [-0.4, -0.2) is 49.1 Å². The van der Waals surface area contributed by atoms with Gasteiger partial charge in [-0.1, -0.05) is 6.07 Å². The molecule has 0 aliphatic rings. The van der Waals surface area contributed by atoms with Gasteiger partial charge < -0.3 is 15.5 Å². The smallest absolute Gasteiger partial charge is 0.376 e. The van der Waals surface area contributed by atoms with Crippen LogP contribution < -0.4 is 10.6 Å². The predicted molar refractivity (Wildman–Crippen MR) is 86.0 cm³/mol.